The molecule has 0 aliphatic heterocycles. The number of benzene rings is 1. The Balaban J connectivity index is 2.51. The van der Waals surface area contributed by atoms with Gasteiger partial charge in [-0.15, -0.1) is 0 Å². The van der Waals surface area contributed by atoms with E-state index >= 15 is 0 Å². The number of amides is 1. The van der Waals surface area contributed by atoms with E-state index in [0.29, 0.717) is 35.3 Å². The number of allylic oxidation sites excluding steroid dienone is 1. The predicted octanol–water partition coefficient (Wildman–Crippen LogP) is 4.19. The molecule has 2 rings (SSSR count). The third-order valence-electron chi connectivity index (χ3n) is 4.99. The molecule has 9 nitrogen and oxygen atoms in total. The van der Waals surface area contributed by atoms with E-state index in [-0.39, 0.29) is 29.3 Å². The molecule has 1 aromatic heterocycles. The molecular formula is C22H34N3O6P. The van der Waals surface area contributed by atoms with Crippen LogP contribution in [-0.2, 0) is 20.4 Å². The Morgan fingerprint density at radius 1 is 1.25 bits per heavy atom. The molecule has 0 unspecified atom stereocenters. The quantitative estimate of drug-likeness (QED) is 0.420. The van der Waals surface area contributed by atoms with Crippen molar-refractivity contribution >= 4 is 30.4 Å². The van der Waals surface area contributed by atoms with Gasteiger partial charge in [-0.3, -0.25) is 19.3 Å². The lowest BCUT2D eigenvalue weighted by atomic mass is 9.92. The standard InChI is InChI=1S/C22H34N3O6P/c1-8-24(12-11-22(4,5)6)19(26)14-25-18-13-16(30-7)9-10-17(18)20(23-25)21(15(2)3)31-32(27,28)29/h9-10,13H,8,11-12,14H2,1-7H3,(H2,27,28,29). The van der Waals surface area contributed by atoms with Crippen LogP contribution >= 0.6 is 7.82 Å². The molecule has 2 aromatic rings. The van der Waals surface area contributed by atoms with Gasteiger partial charge in [0.05, 0.1) is 12.6 Å². The summed E-state index contributed by atoms with van der Waals surface area (Å²) in [6.07, 6.45) is 0.865. The van der Waals surface area contributed by atoms with Crippen LogP contribution in [0.25, 0.3) is 16.7 Å². The van der Waals surface area contributed by atoms with Crippen LogP contribution in [0, 0.1) is 5.41 Å². The monoisotopic (exact) mass is 467 g/mol. The lowest BCUT2D eigenvalue weighted by molar-refractivity contribution is -0.132. The van der Waals surface area contributed by atoms with Crippen LogP contribution in [0.5, 0.6) is 5.75 Å². The van der Waals surface area contributed by atoms with E-state index in [1.807, 2.05) is 6.92 Å². The fraction of sp³-hybridized carbons (Fsp3) is 0.545. The molecule has 0 saturated carbocycles. The maximum atomic E-state index is 13.1. The van der Waals surface area contributed by atoms with Gasteiger partial charge in [0.25, 0.3) is 0 Å². The van der Waals surface area contributed by atoms with E-state index < -0.39 is 7.82 Å². The van der Waals surface area contributed by atoms with Gasteiger partial charge in [-0.25, -0.2) is 4.57 Å². The summed E-state index contributed by atoms with van der Waals surface area (Å²) >= 11 is 0. The molecule has 0 aliphatic carbocycles. The molecular weight excluding hydrogens is 433 g/mol. The second-order valence-electron chi connectivity index (χ2n) is 9.08. The Labute approximate surface area is 189 Å². The number of ether oxygens (including phenoxy) is 1. The van der Waals surface area contributed by atoms with Gasteiger partial charge in [-0.2, -0.15) is 5.10 Å². The molecule has 178 valence electrons. The normalized spacial score (nSPS) is 12.0. The first-order chi connectivity index (χ1) is 14.8. The smallest absolute Gasteiger partial charge is 0.497 e. The fourth-order valence-corrected chi connectivity index (χ4v) is 3.72. The second-order valence-corrected chi connectivity index (χ2v) is 10.2. The number of phosphoric ester groups is 1. The highest BCUT2D eigenvalue weighted by Crippen LogP contribution is 2.44. The molecule has 32 heavy (non-hydrogen) atoms. The van der Waals surface area contributed by atoms with E-state index in [1.165, 1.54) is 11.8 Å². The number of aromatic nitrogens is 2. The first kappa shape index (κ1) is 25.9. The Bertz CT molecular complexity index is 1040. The average molecular weight is 468 g/mol. The summed E-state index contributed by atoms with van der Waals surface area (Å²) in [5.41, 5.74) is 1.51. The average Bonchev–Trinajstić information content (AvgIpc) is 3.02. The van der Waals surface area contributed by atoms with Crippen molar-refractivity contribution in [2.24, 2.45) is 5.41 Å². The zero-order valence-corrected chi connectivity index (χ0v) is 20.8. The van der Waals surface area contributed by atoms with Crippen molar-refractivity contribution in [2.45, 2.75) is 54.5 Å². The van der Waals surface area contributed by atoms with Gasteiger partial charge >= 0.3 is 7.82 Å². The molecule has 10 heteroatoms. The van der Waals surface area contributed by atoms with Crippen LogP contribution in [0.4, 0.5) is 0 Å². The molecule has 0 aliphatic rings. The lowest BCUT2D eigenvalue weighted by Gasteiger charge is -2.26. The predicted molar refractivity (Wildman–Crippen MR) is 124 cm³/mol. The zero-order valence-electron chi connectivity index (χ0n) is 19.9. The van der Waals surface area contributed by atoms with Gasteiger partial charge in [0, 0.05) is 24.5 Å². The summed E-state index contributed by atoms with van der Waals surface area (Å²) in [5.74, 6) is 0.470. The molecule has 0 atom stereocenters. The summed E-state index contributed by atoms with van der Waals surface area (Å²) in [6, 6.07) is 5.20. The first-order valence-electron chi connectivity index (χ1n) is 10.5. The number of carbonyl (C=O) groups excluding carboxylic acids is 1. The van der Waals surface area contributed by atoms with Crippen molar-refractivity contribution in [2.75, 3.05) is 20.2 Å². The number of fused-ring (bicyclic) bond motifs is 1. The number of likely N-dealkylation sites (N-methyl/N-ethyl adjacent to an activating group) is 1. The maximum Gasteiger partial charge on any atom is 0.524 e. The van der Waals surface area contributed by atoms with E-state index in [9.17, 15) is 19.1 Å². The van der Waals surface area contributed by atoms with Gasteiger partial charge in [0.15, 0.2) is 5.76 Å². The van der Waals surface area contributed by atoms with Crippen LogP contribution in [0.3, 0.4) is 0 Å². The minimum atomic E-state index is -4.81. The van der Waals surface area contributed by atoms with Gasteiger partial charge < -0.3 is 14.2 Å². The highest BCUT2D eigenvalue weighted by Gasteiger charge is 2.26. The number of rotatable bonds is 9. The number of hydrogen-bond donors (Lipinski definition) is 2. The Kier molecular flexibility index (Phi) is 8.15. The highest BCUT2D eigenvalue weighted by atomic mass is 31.2. The topological polar surface area (TPSA) is 114 Å². The van der Waals surface area contributed by atoms with Crippen LogP contribution in [-0.4, -0.2) is 50.6 Å². The van der Waals surface area contributed by atoms with Crippen molar-refractivity contribution in [3.63, 3.8) is 0 Å². The van der Waals surface area contributed by atoms with Crippen LogP contribution in [0.15, 0.2) is 23.8 Å². The molecule has 2 N–H and O–H groups in total. The van der Waals surface area contributed by atoms with Gasteiger partial charge in [0.1, 0.15) is 18.0 Å². The number of hydrogen-bond acceptors (Lipinski definition) is 5. The summed E-state index contributed by atoms with van der Waals surface area (Å²) in [6.45, 7) is 12.9. The Morgan fingerprint density at radius 2 is 1.91 bits per heavy atom. The van der Waals surface area contributed by atoms with Crippen LogP contribution < -0.4 is 4.74 Å². The number of methoxy groups -OCH3 is 1. The molecule has 1 aromatic carbocycles. The number of carbonyl (C=O) groups is 1. The molecule has 0 bridgehead atoms. The van der Waals surface area contributed by atoms with Crippen molar-refractivity contribution in [1.29, 1.82) is 0 Å². The summed E-state index contributed by atoms with van der Waals surface area (Å²) in [7, 11) is -3.27. The Morgan fingerprint density at radius 3 is 2.41 bits per heavy atom. The summed E-state index contributed by atoms with van der Waals surface area (Å²) in [5, 5.41) is 5.12. The summed E-state index contributed by atoms with van der Waals surface area (Å²) in [4.78, 5) is 33.6. The van der Waals surface area contributed by atoms with Crippen LogP contribution in [0.1, 0.15) is 53.7 Å². The third kappa shape index (κ3) is 6.82. The number of nitrogens with zero attached hydrogens (tertiary/aromatic N) is 3. The minimum absolute atomic E-state index is 0.0141. The van der Waals surface area contributed by atoms with E-state index in [4.69, 9.17) is 9.26 Å². The van der Waals surface area contributed by atoms with E-state index in [1.54, 1.807) is 36.9 Å². The van der Waals surface area contributed by atoms with Gasteiger partial charge in [-0.1, -0.05) is 20.8 Å². The fourth-order valence-electron chi connectivity index (χ4n) is 3.22. The van der Waals surface area contributed by atoms with Crippen molar-refractivity contribution in [3.05, 3.63) is 29.5 Å². The van der Waals surface area contributed by atoms with E-state index in [0.717, 1.165) is 6.42 Å². The van der Waals surface area contributed by atoms with Gasteiger partial charge in [-0.05, 0) is 50.3 Å². The van der Waals surface area contributed by atoms with Crippen molar-refractivity contribution in [1.82, 2.24) is 14.7 Å². The highest BCUT2D eigenvalue weighted by molar-refractivity contribution is 7.46. The van der Waals surface area contributed by atoms with E-state index in [2.05, 4.69) is 25.9 Å². The second kappa shape index (κ2) is 10.1. The Hall–Kier alpha value is -2.35. The maximum absolute atomic E-state index is 13.1. The lowest BCUT2D eigenvalue weighted by Crippen LogP contribution is -2.36. The molecule has 1 heterocycles. The summed E-state index contributed by atoms with van der Waals surface area (Å²) < 4.78 is 23.4. The molecule has 0 fully saturated rings. The largest absolute Gasteiger partial charge is 0.524 e. The molecule has 0 saturated heterocycles. The SMILES string of the molecule is CCN(CCC(C)(C)C)C(=O)Cn1nc(C(OP(=O)(O)O)=C(C)C)c2ccc(OC)cc21. The number of phosphoric acid groups is 1. The van der Waals surface area contributed by atoms with Gasteiger partial charge in [0.2, 0.25) is 5.91 Å². The van der Waals surface area contributed by atoms with Crippen molar-refractivity contribution < 1.29 is 28.4 Å². The minimum Gasteiger partial charge on any atom is -0.497 e. The first-order valence-corrected chi connectivity index (χ1v) is 12.0. The molecule has 1 amide bonds. The molecule has 0 spiro atoms. The van der Waals surface area contributed by atoms with Crippen molar-refractivity contribution in [3.8, 4) is 5.75 Å². The molecule has 0 radical (unpaired) electrons. The third-order valence-corrected chi connectivity index (χ3v) is 5.41. The zero-order chi connectivity index (χ0) is 24.3. The van der Waals surface area contributed by atoms with Crippen LogP contribution in [0.2, 0.25) is 0 Å².